The first-order valence-corrected chi connectivity index (χ1v) is 6.99. The molecule has 1 aliphatic carbocycles. The van der Waals surface area contributed by atoms with Crippen LogP contribution in [0.25, 0.3) is 0 Å². The zero-order valence-electron chi connectivity index (χ0n) is 11.5. The Labute approximate surface area is 114 Å². The fourth-order valence-corrected chi connectivity index (χ4v) is 2.95. The lowest BCUT2D eigenvalue weighted by Gasteiger charge is -2.28. The van der Waals surface area contributed by atoms with Gasteiger partial charge in [0.1, 0.15) is 0 Å². The van der Waals surface area contributed by atoms with Crippen LogP contribution in [0.5, 0.6) is 0 Å². The smallest absolute Gasteiger partial charge is 0.250 e. The molecule has 104 valence electrons. The summed E-state index contributed by atoms with van der Waals surface area (Å²) in [7, 11) is 0. The van der Waals surface area contributed by atoms with E-state index in [-0.39, 0.29) is 0 Å². The molecule has 0 atom stereocenters. The third-order valence-corrected chi connectivity index (χ3v) is 4.40. The SMILES string of the molecule is CCC1(CNc2ccc(N)c(C(N)=O)c2)CCCC1. The number of nitrogen functional groups attached to an aromatic ring is 1. The Bertz CT molecular complexity index is 464. The lowest BCUT2D eigenvalue weighted by molar-refractivity contribution is 0.100. The number of nitrogens with two attached hydrogens (primary N) is 2. The van der Waals surface area contributed by atoms with Gasteiger partial charge in [0.2, 0.25) is 0 Å². The van der Waals surface area contributed by atoms with E-state index in [9.17, 15) is 4.79 Å². The van der Waals surface area contributed by atoms with Crippen LogP contribution in [0.1, 0.15) is 49.4 Å². The van der Waals surface area contributed by atoms with Gasteiger partial charge in [0.05, 0.1) is 5.56 Å². The van der Waals surface area contributed by atoms with E-state index in [1.54, 1.807) is 12.1 Å². The maximum absolute atomic E-state index is 11.3. The average molecular weight is 261 g/mol. The van der Waals surface area contributed by atoms with Crippen LogP contribution >= 0.6 is 0 Å². The van der Waals surface area contributed by atoms with Crippen molar-refractivity contribution in [3.8, 4) is 0 Å². The highest BCUT2D eigenvalue weighted by atomic mass is 16.1. The van der Waals surface area contributed by atoms with Crippen molar-refractivity contribution in [2.45, 2.75) is 39.0 Å². The van der Waals surface area contributed by atoms with Gasteiger partial charge in [-0.2, -0.15) is 0 Å². The molecule has 5 N–H and O–H groups in total. The van der Waals surface area contributed by atoms with Gasteiger partial charge in [-0.1, -0.05) is 19.8 Å². The summed E-state index contributed by atoms with van der Waals surface area (Å²) in [5, 5.41) is 3.44. The van der Waals surface area contributed by atoms with Crippen molar-refractivity contribution in [2.24, 2.45) is 11.1 Å². The number of carbonyl (C=O) groups excluding carboxylic acids is 1. The predicted octanol–water partition coefficient (Wildman–Crippen LogP) is 2.75. The van der Waals surface area contributed by atoms with Crippen molar-refractivity contribution < 1.29 is 4.79 Å². The highest BCUT2D eigenvalue weighted by molar-refractivity contribution is 5.98. The lowest BCUT2D eigenvalue weighted by Crippen LogP contribution is -2.26. The summed E-state index contributed by atoms with van der Waals surface area (Å²) in [6.07, 6.45) is 6.41. The Hall–Kier alpha value is -1.71. The molecule has 0 unspecified atom stereocenters. The van der Waals surface area contributed by atoms with Gasteiger partial charge in [-0.25, -0.2) is 0 Å². The molecule has 4 nitrogen and oxygen atoms in total. The molecule has 1 aromatic carbocycles. The summed E-state index contributed by atoms with van der Waals surface area (Å²) in [6, 6.07) is 5.38. The summed E-state index contributed by atoms with van der Waals surface area (Å²) in [5.41, 5.74) is 13.2. The molecule has 1 amide bonds. The van der Waals surface area contributed by atoms with Crippen LogP contribution < -0.4 is 16.8 Å². The van der Waals surface area contributed by atoms with Crippen LogP contribution in [0, 0.1) is 5.41 Å². The van der Waals surface area contributed by atoms with E-state index < -0.39 is 5.91 Å². The molecule has 0 aromatic heterocycles. The Morgan fingerprint density at radius 1 is 1.37 bits per heavy atom. The number of hydrogen-bond acceptors (Lipinski definition) is 3. The molecule has 19 heavy (non-hydrogen) atoms. The zero-order chi connectivity index (χ0) is 13.9. The monoisotopic (exact) mass is 261 g/mol. The molecule has 1 aromatic rings. The van der Waals surface area contributed by atoms with E-state index in [1.165, 1.54) is 32.1 Å². The Balaban J connectivity index is 2.07. The second-order valence-electron chi connectivity index (χ2n) is 5.58. The molecule has 0 saturated heterocycles. The van der Waals surface area contributed by atoms with Gasteiger partial charge in [-0.05, 0) is 42.9 Å². The summed E-state index contributed by atoms with van der Waals surface area (Å²) in [6.45, 7) is 3.20. The van der Waals surface area contributed by atoms with Crippen molar-refractivity contribution in [1.82, 2.24) is 0 Å². The topological polar surface area (TPSA) is 81.1 Å². The van der Waals surface area contributed by atoms with Crippen LogP contribution in [0.3, 0.4) is 0 Å². The van der Waals surface area contributed by atoms with E-state index in [2.05, 4.69) is 12.2 Å². The van der Waals surface area contributed by atoms with Gasteiger partial charge in [-0.3, -0.25) is 4.79 Å². The van der Waals surface area contributed by atoms with Crippen LogP contribution in [-0.4, -0.2) is 12.5 Å². The molecule has 1 fully saturated rings. The molecular weight excluding hydrogens is 238 g/mol. The second-order valence-corrected chi connectivity index (χ2v) is 5.58. The molecule has 0 aliphatic heterocycles. The summed E-state index contributed by atoms with van der Waals surface area (Å²) >= 11 is 0. The molecule has 0 heterocycles. The number of amides is 1. The Morgan fingerprint density at radius 2 is 2.05 bits per heavy atom. The number of hydrogen-bond donors (Lipinski definition) is 3. The minimum Gasteiger partial charge on any atom is -0.398 e. The number of rotatable bonds is 5. The molecule has 0 radical (unpaired) electrons. The molecule has 1 aliphatic rings. The molecule has 1 saturated carbocycles. The number of primary amides is 1. The quantitative estimate of drug-likeness (QED) is 0.713. The van der Waals surface area contributed by atoms with Gasteiger partial charge in [-0.15, -0.1) is 0 Å². The predicted molar refractivity (Wildman–Crippen MR) is 79.1 cm³/mol. The minimum absolute atomic E-state index is 0.391. The molecule has 0 spiro atoms. The van der Waals surface area contributed by atoms with E-state index >= 15 is 0 Å². The summed E-state index contributed by atoms with van der Waals surface area (Å²) in [4.78, 5) is 11.3. The highest BCUT2D eigenvalue weighted by Gasteiger charge is 2.31. The number of carbonyl (C=O) groups is 1. The molecule has 4 heteroatoms. The molecular formula is C15H23N3O. The fraction of sp³-hybridized carbons (Fsp3) is 0.533. The van der Waals surface area contributed by atoms with Gasteiger partial charge in [0, 0.05) is 17.9 Å². The van der Waals surface area contributed by atoms with E-state index in [4.69, 9.17) is 11.5 Å². The Morgan fingerprint density at radius 3 is 2.63 bits per heavy atom. The number of nitrogens with one attached hydrogen (secondary N) is 1. The van der Waals surface area contributed by atoms with Crippen molar-refractivity contribution in [2.75, 3.05) is 17.6 Å². The normalized spacial score (nSPS) is 17.3. The largest absolute Gasteiger partial charge is 0.398 e. The average Bonchev–Trinajstić information content (AvgIpc) is 2.87. The zero-order valence-corrected chi connectivity index (χ0v) is 11.5. The first kappa shape index (κ1) is 13.7. The van der Waals surface area contributed by atoms with E-state index in [1.807, 2.05) is 6.07 Å². The van der Waals surface area contributed by atoms with E-state index in [0.29, 0.717) is 16.7 Å². The Kier molecular flexibility index (Phi) is 3.98. The lowest BCUT2D eigenvalue weighted by atomic mass is 9.83. The third kappa shape index (κ3) is 3.00. The standard InChI is InChI=1S/C15H23N3O/c1-2-15(7-3-4-8-15)10-18-11-5-6-13(16)12(9-11)14(17)19/h5-6,9,18H,2-4,7-8,10,16H2,1H3,(H2,17,19). The van der Waals surface area contributed by atoms with Crippen LogP contribution in [-0.2, 0) is 0 Å². The van der Waals surface area contributed by atoms with Gasteiger partial charge in [0.25, 0.3) is 5.91 Å². The van der Waals surface area contributed by atoms with Crippen molar-refractivity contribution in [1.29, 1.82) is 0 Å². The van der Waals surface area contributed by atoms with Gasteiger partial charge in [0.15, 0.2) is 0 Å². The number of anilines is 2. The summed E-state index contributed by atoms with van der Waals surface area (Å²) < 4.78 is 0. The van der Waals surface area contributed by atoms with Gasteiger partial charge >= 0.3 is 0 Å². The van der Waals surface area contributed by atoms with Crippen molar-refractivity contribution in [3.63, 3.8) is 0 Å². The maximum atomic E-state index is 11.3. The van der Waals surface area contributed by atoms with Crippen LogP contribution in [0.4, 0.5) is 11.4 Å². The van der Waals surface area contributed by atoms with Crippen molar-refractivity contribution in [3.05, 3.63) is 23.8 Å². The maximum Gasteiger partial charge on any atom is 0.250 e. The van der Waals surface area contributed by atoms with Crippen LogP contribution in [0.15, 0.2) is 18.2 Å². The number of benzene rings is 1. The van der Waals surface area contributed by atoms with Crippen molar-refractivity contribution >= 4 is 17.3 Å². The fourth-order valence-electron chi connectivity index (χ4n) is 2.95. The second kappa shape index (κ2) is 5.51. The first-order valence-electron chi connectivity index (χ1n) is 6.99. The molecule has 2 rings (SSSR count). The van der Waals surface area contributed by atoms with Crippen LogP contribution in [0.2, 0.25) is 0 Å². The molecule has 0 bridgehead atoms. The first-order chi connectivity index (χ1) is 9.06. The van der Waals surface area contributed by atoms with E-state index in [0.717, 1.165) is 12.2 Å². The van der Waals surface area contributed by atoms with Gasteiger partial charge < -0.3 is 16.8 Å². The third-order valence-electron chi connectivity index (χ3n) is 4.40. The highest BCUT2D eigenvalue weighted by Crippen LogP contribution is 2.41. The minimum atomic E-state index is -0.479. The summed E-state index contributed by atoms with van der Waals surface area (Å²) in [5.74, 6) is -0.479.